The summed E-state index contributed by atoms with van der Waals surface area (Å²) in [4.78, 5) is 17.1. The lowest BCUT2D eigenvalue weighted by atomic mass is 10.1. The zero-order valence-corrected chi connectivity index (χ0v) is 16.6. The molecule has 0 saturated carbocycles. The van der Waals surface area contributed by atoms with E-state index < -0.39 is 0 Å². The molecule has 6 nitrogen and oxygen atoms in total. The fourth-order valence-electron chi connectivity index (χ4n) is 3.80. The van der Waals surface area contributed by atoms with E-state index in [9.17, 15) is 4.79 Å². The molecular weight excluding hydrogens is 350 g/mol. The van der Waals surface area contributed by atoms with Crippen LogP contribution >= 0.6 is 0 Å². The first-order valence-corrected chi connectivity index (χ1v) is 9.62. The molecule has 6 heteroatoms. The third-order valence-corrected chi connectivity index (χ3v) is 5.21. The number of para-hydroxylation sites is 1. The standard InChI is InChI=1S/C22H25N5O/c1-16-12-17(2)14-19(13-16)27-15-20(23-24-27)22(28)26-10-8-25(9-11-26)21-7-5-4-6-18(21)3/h4-7,12-15H,8-11H2,1-3H3. The first-order chi connectivity index (χ1) is 13.5. The number of carbonyl (C=O) groups is 1. The second-order valence-corrected chi connectivity index (χ2v) is 7.46. The summed E-state index contributed by atoms with van der Waals surface area (Å²) < 4.78 is 1.68. The van der Waals surface area contributed by atoms with Crippen molar-refractivity contribution >= 4 is 11.6 Å². The molecule has 1 aliphatic heterocycles. The molecule has 1 saturated heterocycles. The molecule has 0 radical (unpaired) electrons. The van der Waals surface area contributed by atoms with Crippen LogP contribution in [0.3, 0.4) is 0 Å². The van der Waals surface area contributed by atoms with E-state index in [2.05, 4.69) is 52.5 Å². The molecular formula is C22H25N5O. The van der Waals surface area contributed by atoms with E-state index in [1.807, 2.05) is 30.9 Å². The van der Waals surface area contributed by atoms with Gasteiger partial charge in [-0.05, 0) is 55.7 Å². The number of amides is 1. The van der Waals surface area contributed by atoms with Crippen LogP contribution in [0.15, 0.2) is 48.7 Å². The Morgan fingerprint density at radius 1 is 0.929 bits per heavy atom. The fraction of sp³-hybridized carbons (Fsp3) is 0.318. The number of nitrogens with zero attached hydrogens (tertiary/aromatic N) is 5. The Morgan fingerprint density at radius 2 is 1.61 bits per heavy atom. The van der Waals surface area contributed by atoms with Gasteiger partial charge >= 0.3 is 0 Å². The van der Waals surface area contributed by atoms with Gasteiger partial charge in [-0.2, -0.15) is 0 Å². The van der Waals surface area contributed by atoms with Crippen molar-refractivity contribution < 1.29 is 4.79 Å². The Hall–Kier alpha value is -3.15. The molecule has 0 N–H and O–H groups in total. The topological polar surface area (TPSA) is 54.3 Å². The normalized spacial score (nSPS) is 14.4. The summed E-state index contributed by atoms with van der Waals surface area (Å²) in [7, 11) is 0. The third-order valence-electron chi connectivity index (χ3n) is 5.21. The molecule has 2 heterocycles. The predicted molar refractivity (Wildman–Crippen MR) is 110 cm³/mol. The van der Waals surface area contributed by atoms with Gasteiger partial charge in [0.2, 0.25) is 0 Å². The number of carbonyl (C=O) groups excluding carboxylic acids is 1. The maximum absolute atomic E-state index is 12.9. The lowest BCUT2D eigenvalue weighted by molar-refractivity contribution is 0.0740. The van der Waals surface area contributed by atoms with Crippen molar-refractivity contribution in [2.75, 3.05) is 31.1 Å². The van der Waals surface area contributed by atoms with Crippen LogP contribution < -0.4 is 4.90 Å². The van der Waals surface area contributed by atoms with E-state index in [0.717, 1.165) is 29.9 Å². The first kappa shape index (κ1) is 18.2. The molecule has 0 unspecified atom stereocenters. The Balaban J connectivity index is 1.45. The number of benzene rings is 2. The van der Waals surface area contributed by atoms with Crippen molar-refractivity contribution in [3.63, 3.8) is 0 Å². The second-order valence-electron chi connectivity index (χ2n) is 7.46. The molecule has 1 aliphatic rings. The minimum atomic E-state index is -0.0555. The molecule has 144 valence electrons. The highest BCUT2D eigenvalue weighted by Gasteiger charge is 2.25. The Labute approximate surface area is 165 Å². The van der Waals surface area contributed by atoms with E-state index in [-0.39, 0.29) is 5.91 Å². The van der Waals surface area contributed by atoms with Crippen LogP contribution in [0.1, 0.15) is 27.2 Å². The molecule has 2 aromatic carbocycles. The van der Waals surface area contributed by atoms with Crippen LogP contribution in [0, 0.1) is 20.8 Å². The SMILES string of the molecule is Cc1cc(C)cc(-n2cc(C(=O)N3CCN(c4ccccc4C)CC3)nn2)c1. The largest absolute Gasteiger partial charge is 0.368 e. The number of piperazine rings is 1. The summed E-state index contributed by atoms with van der Waals surface area (Å²) in [5.74, 6) is -0.0555. The van der Waals surface area contributed by atoms with Crippen molar-refractivity contribution in [2.45, 2.75) is 20.8 Å². The van der Waals surface area contributed by atoms with Crippen LogP contribution in [0.5, 0.6) is 0 Å². The van der Waals surface area contributed by atoms with Gasteiger partial charge in [0.1, 0.15) is 0 Å². The van der Waals surface area contributed by atoms with Crippen LogP contribution in [0.4, 0.5) is 5.69 Å². The summed E-state index contributed by atoms with van der Waals surface area (Å²) in [6.45, 7) is 9.23. The van der Waals surface area contributed by atoms with Crippen LogP contribution in [-0.2, 0) is 0 Å². The van der Waals surface area contributed by atoms with Crippen LogP contribution in [0.2, 0.25) is 0 Å². The van der Waals surface area contributed by atoms with Crippen LogP contribution in [-0.4, -0.2) is 52.0 Å². The van der Waals surface area contributed by atoms with E-state index in [4.69, 9.17) is 0 Å². The van der Waals surface area contributed by atoms with E-state index in [0.29, 0.717) is 18.8 Å². The maximum Gasteiger partial charge on any atom is 0.276 e. The predicted octanol–water partition coefficient (Wildman–Crippen LogP) is 3.15. The summed E-state index contributed by atoms with van der Waals surface area (Å²) in [5.41, 5.74) is 6.14. The zero-order chi connectivity index (χ0) is 19.7. The number of anilines is 1. The van der Waals surface area contributed by atoms with Gasteiger partial charge in [0.05, 0.1) is 11.9 Å². The number of aromatic nitrogens is 3. The maximum atomic E-state index is 12.9. The molecule has 1 fully saturated rings. The Kier molecular flexibility index (Phi) is 4.86. The Morgan fingerprint density at radius 3 is 2.29 bits per heavy atom. The molecule has 3 aromatic rings. The number of hydrogen-bond donors (Lipinski definition) is 0. The third kappa shape index (κ3) is 3.63. The smallest absolute Gasteiger partial charge is 0.276 e. The van der Waals surface area contributed by atoms with E-state index in [1.54, 1.807) is 10.9 Å². The lowest BCUT2D eigenvalue weighted by Crippen LogP contribution is -2.49. The van der Waals surface area contributed by atoms with Gasteiger partial charge < -0.3 is 9.80 Å². The Bertz CT molecular complexity index is 981. The molecule has 0 atom stereocenters. The minimum absolute atomic E-state index is 0.0555. The summed E-state index contributed by atoms with van der Waals surface area (Å²) in [6, 6.07) is 14.6. The minimum Gasteiger partial charge on any atom is -0.368 e. The monoisotopic (exact) mass is 375 g/mol. The van der Waals surface area contributed by atoms with E-state index in [1.165, 1.54) is 11.3 Å². The molecule has 4 rings (SSSR count). The molecule has 1 aromatic heterocycles. The second kappa shape index (κ2) is 7.46. The van der Waals surface area contributed by atoms with Gasteiger partial charge in [0.15, 0.2) is 5.69 Å². The summed E-state index contributed by atoms with van der Waals surface area (Å²) in [5, 5.41) is 8.29. The van der Waals surface area contributed by atoms with Crippen LogP contribution in [0.25, 0.3) is 5.69 Å². The highest BCUT2D eigenvalue weighted by Crippen LogP contribution is 2.21. The first-order valence-electron chi connectivity index (χ1n) is 9.62. The molecule has 0 bridgehead atoms. The van der Waals surface area contributed by atoms with Gasteiger partial charge in [-0.3, -0.25) is 4.79 Å². The molecule has 0 spiro atoms. The van der Waals surface area contributed by atoms with Gasteiger partial charge in [0.25, 0.3) is 5.91 Å². The summed E-state index contributed by atoms with van der Waals surface area (Å²) >= 11 is 0. The van der Waals surface area contributed by atoms with Gasteiger partial charge in [0, 0.05) is 31.9 Å². The van der Waals surface area contributed by atoms with Gasteiger partial charge in [-0.15, -0.1) is 5.10 Å². The average Bonchev–Trinajstić information content (AvgIpc) is 3.18. The van der Waals surface area contributed by atoms with Crippen molar-refractivity contribution in [1.29, 1.82) is 0 Å². The number of rotatable bonds is 3. The zero-order valence-electron chi connectivity index (χ0n) is 16.6. The van der Waals surface area contributed by atoms with Crippen molar-refractivity contribution in [2.24, 2.45) is 0 Å². The number of hydrogen-bond acceptors (Lipinski definition) is 4. The van der Waals surface area contributed by atoms with Gasteiger partial charge in [-0.1, -0.05) is 29.5 Å². The molecule has 28 heavy (non-hydrogen) atoms. The average molecular weight is 375 g/mol. The highest BCUT2D eigenvalue weighted by atomic mass is 16.2. The van der Waals surface area contributed by atoms with Crippen molar-refractivity contribution in [1.82, 2.24) is 19.9 Å². The quantitative estimate of drug-likeness (QED) is 0.706. The molecule has 1 amide bonds. The van der Waals surface area contributed by atoms with E-state index >= 15 is 0 Å². The number of aryl methyl sites for hydroxylation is 3. The lowest BCUT2D eigenvalue weighted by Gasteiger charge is -2.36. The van der Waals surface area contributed by atoms with Crippen molar-refractivity contribution in [3.8, 4) is 5.69 Å². The van der Waals surface area contributed by atoms with Gasteiger partial charge in [-0.25, -0.2) is 4.68 Å². The summed E-state index contributed by atoms with van der Waals surface area (Å²) in [6.07, 6.45) is 1.73. The van der Waals surface area contributed by atoms with Crippen molar-refractivity contribution in [3.05, 3.63) is 71.0 Å². The highest BCUT2D eigenvalue weighted by molar-refractivity contribution is 5.92. The fourth-order valence-corrected chi connectivity index (χ4v) is 3.80. The molecule has 0 aliphatic carbocycles.